The third-order valence-electron chi connectivity index (χ3n) is 7.93. The van der Waals surface area contributed by atoms with E-state index in [9.17, 15) is 0 Å². The number of rotatable bonds is 14. The Morgan fingerprint density at radius 3 is 2.55 bits per heavy atom. The van der Waals surface area contributed by atoms with E-state index < -0.39 is 12.1 Å². The maximum absolute atomic E-state index is 15.1. The molecule has 0 saturated carbocycles. The van der Waals surface area contributed by atoms with Crippen LogP contribution in [0.4, 0.5) is 4.39 Å². The number of thioether (sulfide) groups is 1. The summed E-state index contributed by atoms with van der Waals surface area (Å²) < 4.78 is 26.4. The van der Waals surface area contributed by atoms with Gasteiger partial charge < -0.3 is 20.9 Å². The van der Waals surface area contributed by atoms with Crippen LogP contribution >= 0.6 is 35.0 Å². The minimum atomic E-state index is -1.26. The summed E-state index contributed by atoms with van der Waals surface area (Å²) in [5, 5.41) is 1.98. The molecule has 3 unspecified atom stereocenters. The van der Waals surface area contributed by atoms with Crippen LogP contribution in [0, 0.1) is 18.3 Å². The first-order valence-corrected chi connectivity index (χ1v) is 16.6. The van der Waals surface area contributed by atoms with Crippen molar-refractivity contribution in [2.24, 2.45) is 32.8 Å². The Morgan fingerprint density at radius 1 is 1.16 bits per heavy atom. The summed E-state index contributed by atoms with van der Waals surface area (Å²) in [5.74, 6) is 0.443. The van der Waals surface area contributed by atoms with E-state index in [1.54, 1.807) is 13.2 Å². The highest BCUT2D eigenvalue weighted by Crippen LogP contribution is 2.43. The molecule has 0 aliphatic heterocycles. The molecule has 0 heterocycles. The Labute approximate surface area is 276 Å². The van der Waals surface area contributed by atoms with Gasteiger partial charge in [-0.2, -0.15) is 0 Å². The number of nitrogens with two attached hydrogens (primary N) is 2. The van der Waals surface area contributed by atoms with E-state index in [4.69, 9.17) is 49.1 Å². The number of hydrogen-bond acceptors (Lipinski definition) is 5. The largest absolute Gasteiger partial charge is 0.494 e. The van der Waals surface area contributed by atoms with Crippen molar-refractivity contribution < 1.29 is 13.9 Å². The van der Waals surface area contributed by atoms with Crippen LogP contribution in [-0.2, 0) is 15.9 Å². The first kappa shape index (κ1) is 36.0. The smallest absolute Gasteiger partial charge is 0.185 e. The van der Waals surface area contributed by atoms with E-state index in [-0.39, 0.29) is 17.5 Å². The number of methoxy groups -OCH3 is 1. The molecule has 10 heteroatoms. The fraction of sp³-hybridized carbons (Fsp3) is 0.471. The second-order valence-corrected chi connectivity index (χ2v) is 13.6. The van der Waals surface area contributed by atoms with Gasteiger partial charge in [0.2, 0.25) is 0 Å². The molecule has 0 amide bonds. The Balaban J connectivity index is 1.70. The molecule has 240 valence electrons. The molecule has 44 heavy (non-hydrogen) atoms. The lowest BCUT2D eigenvalue weighted by Gasteiger charge is -2.34. The fourth-order valence-electron chi connectivity index (χ4n) is 4.95. The predicted octanol–water partition coefficient (Wildman–Crippen LogP) is 8.11. The van der Waals surface area contributed by atoms with Gasteiger partial charge >= 0.3 is 0 Å². The summed E-state index contributed by atoms with van der Waals surface area (Å²) in [6, 6.07) is 8.65. The molecule has 0 radical (unpaired) electrons. The number of nitrogens with zero attached hydrogens (tertiary/aromatic N) is 2. The third-order valence-corrected chi connectivity index (χ3v) is 9.74. The lowest BCUT2D eigenvalue weighted by molar-refractivity contribution is 0.132. The Kier molecular flexibility index (Phi) is 14.1. The van der Waals surface area contributed by atoms with Crippen LogP contribution in [0.3, 0.4) is 0 Å². The van der Waals surface area contributed by atoms with Crippen LogP contribution in [0.25, 0.3) is 0 Å². The maximum Gasteiger partial charge on any atom is 0.185 e. The SMILES string of the molecule is COC1CC(C(C)(C)/C(=C/N=C(C)SCC2C(Cl)=CC(OCCCN=C(N)N)=CC2F)CCc2ccc(C)cc2)=CC=C1Cl. The average Bonchev–Trinajstić information content (AvgIpc) is 2.97. The zero-order valence-corrected chi connectivity index (χ0v) is 28.6. The molecule has 4 N–H and O–H groups in total. The number of hydrogen-bond donors (Lipinski definition) is 2. The number of aliphatic imine (C=N–C) groups is 2. The molecule has 0 fully saturated rings. The van der Waals surface area contributed by atoms with Crippen molar-refractivity contribution in [3.63, 3.8) is 0 Å². The lowest BCUT2D eigenvalue weighted by atomic mass is 9.72. The van der Waals surface area contributed by atoms with Crippen molar-refractivity contribution in [2.45, 2.75) is 65.7 Å². The molecular weight excluding hydrogens is 618 g/mol. The Morgan fingerprint density at radius 2 is 1.89 bits per heavy atom. The van der Waals surface area contributed by atoms with Crippen molar-refractivity contribution in [2.75, 3.05) is 26.0 Å². The molecule has 2 aliphatic rings. The molecule has 3 rings (SSSR count). The van der Waals surface area contributed by atoms with Crippen molar-refractivity contribution in [3.05, 3.63) is 92.9 Å². The van der Waals surface area contributed by atoms with Gasteiger partial charge in [-0.3, -0.25) is 9.98 Å². The molecule has 6 nitrogen and oxygen atoms in total. The number of halogens is 3. The van der Waals surface area contributed by atoms with Gasteiger partial charge in [-0.25, -0.2) is 4.39 Å². The molecule has 0 aromatic heterocycles. The van der Waals surface area contributed by atoms with Gasteiger partial charge in [0.05, 0.1) is 17.8 Å². The monoisotopic (exact) mass is 662 g/mol. The van der Waals surface area contributed by atoms with Gasteiger partial charge in [0, 0.05) is 59.8 Å². The van der Waals surface area contributed by atoms with Crippen LogP contribution < -0.4 is 11.5 Å². The minimum Gasteiger partial charge on any atom is -0.494 e. The topological polar surface area (TPSA) is 95.2 Å². The second kappa shape index (κ2) is 17.2. The summed E-state index contributed by atoms with van der Waals surface area (Å²) in [4.78, 5) is 8.76. The highest BCUT2D eigenvalue weighted by molar-refractivity contribution is 8.13. The van der Waals surface area contributed by atoms with E-state index in [1.807, 2.05) is 19.2 Å². The first-order valence-electron chi connectivity index (χ1n) is 14.8. The molecule has 1 aromatic carbocycles. The molecule has 1 aromatic rings. The van der Waals surface area contributed by atoms with Crippen molar-refractivity contribution in [1.29, 1.82) is 0 Å². The summed E-state index contributed by atoms with van der Waals surface area (Å²) in [6.45, 7) is 9.30. The van der Waals surface area contributed by atoms with E-state index >= 15 is 4.39 Å². The standard InChI is InChI=1S/C34H45Cl2FN4O2S/c1-22-7-9-24(10-8-22)11-12-26(34(3,4)25-13-14-29(35)32(17-25)42-5)20-41-23(2)44-21-28-30(36)18-27(19-31(28)37)43-16-6-15-40-33(38)39/h7-10,13-14,18-20,28,31-32H,6,11-12,15-17,21H2,1-5H3,(H4,38,39,40)/b26-20+,41-23?. The van der Waals surface area contributed by atoms with Crippen LogP contribution in [0.2, 0.25) is 0 Å². The maximum atomic E-state index is 15.1. The van der Waals surface area contributed by atoms with E-state index in [0.29, 0.717) is 41.1 Å². The van der Waals surface area contributed by atoms with Gasteiger partial charge in [-0.15, -0.1) is 11.8 Å². The Bertz CT molecular complexity index is 1350. The van der Waals surface area contributed by atoms with Gasteiger partial charge in [0.15, 0.2) is 5.96 Å². The first-order chi connectivity index (χ1) is 20.9. The summed E-state index contributed by atoms with van der Waals surface area (Å²) in [6.07, 6.45) is 10.8. The summed E-state index contributed by atoms with van der Waals surface area (Å²) >= 11 is 14.4. The predicted molar refractivity (Wildman–Crippen MR) is 186 cm³/mol. The zero-order chi connectivity index (χ0) is 32.3. The molecule has 0 saturated heterocycles. The number of alkyl halides is 1. The van der Waals surface area contributed by atoms with Crippen molar-refractivity contribution in [3.8, 4) is 0 Å². The van der Waals surface area contributed by atoms with Gasteiger partial charge in [0.1, 0.15) is 11.9 Å². The summed E-state index contributed by atoms with van der Waals surface area (Å²) in [7, 11) is 1.69. The fourth-order valence-corrected chi connectivity index (χ4v) is 6.48. The Hall–Kier alpha value is -2.52. The van der Waals surface area contributed by atoms with Crippen LogP contribution in [0.1, 0.15) is 51.2 Å². The van der Waals surface area contributed by atoms with E-state index in [1.165, 1.54) is 40.1 Å². The number of guanidine groups is 1. The second-order valence-electron chi connectivity index (χ2n) is 11.6. The normalized spacial score (nSPS) is 21.2. The third kappa shape index (κ3) is 10.8. The zero-order valence-electron chi connectivity index (χ0n) is 26.3. The van der Waals surface area contributed by atoms with Gasteiger partial charge in [-0.1, -0.05) is 78.5 Å². The van der Waals surface area contributed by atoms with Crippen molar-refractivity contribution >= 4 is 46.0 Å². The van der Waals surface area contributed by atoms with Crippen LogP contribution in [0.15, 0.2) is 91.7 Å². The van der Waals surface area contributed by atoms with E-state index in [0.717, 1.165) is 24.3 Å². The van der Waals surface area contributed by atoms with Crippen LogP contribution in [-0.4, -0.2) is 49.3 Å². The molecule has 2 aliphatic carbocycles. The molecule has 3 atom stereocenters. The van der Waals surface area contributed by atoms with Gasteiger partial charge in [-0.05, 0) is 56.1 Å². The van der Waals surface area contributed by atoms with Crippen molar-refractivity contribution in [1.82, 2.24) is 0 Å². The van der Waals surface area contributed by atoms with Gasteiger partial charge in [0.25, 0.3) is 0 Å². The highest BCUT2D eigenvalue weighted by atomic mass is 35.5. The minimum absolute atomic E-state index is 0.0371. The number of benzene rings is 1. The number of ether oxygens (including phenoxy) is 2. The van der Waals surface area contributed by atoms with Crippen LogP contribution in [0.5, 0.6) is 0 Å². The van der Waals surface area contributed by atoms with E-state index in [2.05, 4.69) is 56.1 Å². The molecule has 0 spiro atoms. The summed E-state index contributed by atoms with van der Waals surface area (Å²) in [5.41, 5.74) is 15.4. The average molecular weight is 664 g/mol. The highest BCUT2D eigenvalue weighted by Gasteiger charge is 2.32. The number of aryl methyl sites for hydroxylation is 2. The molecular formula is C34H45Cl2FN4O2S. The molecule has 0 bridgehead atoms. The number of allylic oxidation sites excluding steroid dienone is 6. The quantitative estimate of drug-likeness (QED) is 0.119. The lowest BCUT2D eigenvalue weighted by Crippen LogP contribution is -2.25.